The summed E-state index contributed by atoms with van der Waals surface area (Å²) in [6.45, 7) is 4.24. The van der Waals surface area contributed by atoms with Crippen molar-refractivity contribution in [3.05, 3.63) is 34.1 Å². The first-order chi connectivity index (χ1) is 14.6. The number of hydrogen-bond acceptors (Lipinski definition) is 6. The fraction of sp³-hybridized carbons (Fsp3) is 0.474. The van der Waals surface area contributed by atoms with Crippen LogP contribution in [0, 0.1) is 12.8 Å². The van der Waals surface area contributed by atoms with Gasteiger partial charge in [-0.2, -0.15) is 18.3 Å². The van der Waals surface area contributed by atoms with Gasteiger partial charge in [0.1, 0.15) is 10.5 Å². The van der Waals surface area contributed by atoms with Crippen LogP contribution in [0.4, 0.5) is 13.2 Å². The molecule has 1 atom stereocenters. The Balaban J connectivity index is 0.000000289. The number of carboxylic acids is 1. The number of aromatic amines is 2. The molecule has 3 aliphatic heterocycles. The summed E-state index contributed by atoms with van der Waals surface area (Å²) in [5, 5.41) is 14.2. The van der Waals surface area contributed by atoms with Crippen molar-refractivity contribution in [3.8, 4) is 10.4 Å². The van der Waals surface area contributed by atoms with E-state index in [1.54, 1.807) is 6.20 Å². The van der Waals surface area contributed by atoms with E-state index in [1.807, 2.05) is 13.0 Å². The Kier molecular flexibility index (Phi) is 5.60. The molecule has 0 aliphatic carbocycles. The fourth-order valence-corrected chi connectivity index (χ4v) is 5.16. The van der Waals surface area contributed by atoms with E-state index in [4.69, 9.17) is 14.9 Å². The van der Waals surface area contributed by atoms with Gasteiger partial charge < -0.3 is 10.1 Å². The number of aryl methyl sites for hydroxylation is 1. The average Bonchev–Trinajstić information content (AvgIpc) is 3.34. The molecule has 166 valence electrons. The molecule has 31 heavy (non-hydrogen) atoms. The number of fused-ring (bicyclic) bond motifs is 4. The molecule has 12 heteroatoms. The molecule has 8 nitrogen and oxygen atoms in total. The molecular weight excluding hydrogens is 435 g/mol. The van der Waals surface area contributed by atoms with Crippen LogP contribution in [0.5, 0.6) is 0 Å². The second-order valence-electron chi connectivity index (χ2n) is 7.72. The van der Waals surface area contributed by atoms with Gasteiger partial charge in [0.15, 0.2) is 0 Å². The number of rotatable bonds is 2. The van der Waals surface area contributed by atoms with E-state index in [9.17, 15) is 18.0 Å². The van der Waals surface area contributed by atoms with Crippen LogP contribution in [0.25, 0.3) is 20.7 Å². The van der Waals surface area contributed by atoms with Crippen molar-refractivity contribution < 1.29 is 23.1 Å². The molecule has 6 rings (SSSR count). The van der Waals surface area contributed by atoms with Crippen molar-refractivity contribution in [3.63, 3.8) is 0 Å². The van der Waals surface area contributed by atoms with Crippen LogP contribution < -0.4 is 5.56 Å². The van der Waals surface area contributed by atoms with Crippen molar-refractivity contribution in [1.29, 1.82) is 0 Å². The monoisotopic (exact) mass is 455 g/mol. The lowest BCUT2D eigenvalue weighted by Crippen LogP contribution is -2.44. The molecule has 3 aliphatic rings. The van der Waals surface area contributed by atoms with E-state index in [0.29, 0.717) is 4.70 Å². The van der Waals surface area contributed by atoms with Gasteiger partial charge in [-0.25, -0.2) is 9.78 Å². The van der Waals surface area contributed by atoms with E-state index in [1.165, 1.54) is 24.2 Å². The minimum absolute atomic E-state index is 0.0185. The highest BCUT2D eigenvalue weighted by atomic mass is 32.1. The molecular formula is C19H20F3N5O3S. The molecule has 0 amide bonds. The summed E-state index contributed by atoms with van der Waals surface area (Å²) in [7, 11) is 0. The van der Waals surface area contributed by atoms with Gasteiger partial charge in [-0.3, -0.25) is 14.8 Å². The van der Waals surface area contributed by atoms with Gasteiger partial charge >= 0.3 is 12.1 Å². The van der Waals surface area contributed by atoms with Gasteiger partial charge in [-0.15, -0.1) is 11.3 Å². The molecule has 3 N–H and O–H groups in total. The van der Waals surface area contributed by atoms with Crippen LogP contribution in [-0.4, -0.2) is 55.4 Å². The number of nitrogens with one attached hydrogen (secondary N) is 2. The van der Waals surface area contributed by atoms with Crippen LogP contribution in [0.1, 0.15) is 36.8 Å². The number of carboxylic acid groups (broad SMARTS) is 1. The zero-order chi connectivity index (χ0) is 22.3. The molecule has 6 heterocycles. The van der Waals surface area contributed by atoms with Gasteiger partial charge in [0.05, 0.1) is 17.8 Å². The predicted molar refractivity (Wildman–Crippen MR) is 108 cm³/mol. The van der Waals surface area contributed by atoms with Crippen LogP contribution in [0.3, 0.4) is 0 Å². The highest BCUT2D eigenvalue weighted by molar-refractivity contribution is 7.22. The van der Waals surface area contributed by atoms with Crippen molar-refractivity contribution in [1.82, 2.24) is 25.1 Å². The normalized spacial score (nSPS) is 22.9. The number of thiophene rings is 1. The molecule has 0 radical (unpaired) electrons. The minimum Gasteiger partial charge on any atom is -0.475 e. The topological polar surface area (TPSA) is 115 Å². The van der Waals surface area contributed by atoms with Crippen molar-refractivity contribution in [2.75, 3.05) is 13.1 Å². The Bertz CT molecular complexity index is 1160. The summed E-state index contributed by atoms with van der Waals surface area (Å²) < 4.78 is 32.4. The molecule has 0 spiro atoms. The first-order valence-electron chi connectivity index (χ1n) is 9.71. The Hall–Kier alpha value is -2.73. The van der Waals surface area contributed by atoms with E-state index in [0.717, 1.165) is 52.9 Å². The van der Waals surface area contributed by atoms with Crippen molar-refractivity contribution in [2.45, 2.75) is 38.4 Å². The average molecular weight is 455 g/mol. The van der Waals surface area contributed by atoms with E-state index < -0.39 is 12.1 Å². The number of halogens is 3. The number of H-pyrrole nitrogens is 2. The smallest absolute Gasteiger partial charge is 0.475 e. The zero-order valence-electron chi connectivity index (χ0n) is 16.5. The van der Waals surface area contributed by atoms with Crippen molar-refractivity contribution >= 4 is 27.5 Å². The molecule has 3 aromatic heterocycles. The maximum atomic E-state index is 12.6. The maximum absolute atomic E-state index is 12.6. The second kappa shape index (κ2) is 8.08. The fourth-order valence-electron chi connectivity index (χ4n) is 4.10. The summed E-state index contributed by atoms with van der Waals surface area (Å²) >= 11 is 1.49. The quantitative estimate of drug-likeness (QED) is 0.545. The molecule has 0 saturated carbocycles. The second-order valence-corrected chi connectivity index (χ2v) is 8.77. The summed E-state index contributed by atoms with van der Waals surface area (Å²) in [5.41, 5.74) is 2.83. The van der Waals surface area contributed by atoms with Gasteiger partial charge in [-0.1, -0.05) is 0 Å². The summed E-state index contributed by atoms with van der Waals surface area (Å²) in [6.07, 6.45) is 0.407. The molecule has 3 saturated heterocycles. The lowest BCUT2D eigenvalue weighted by atomic mass is 9.83. The Labute approximate surface area is 178 Å². The van der Waals surface area contributed by atoms with Crippen LogP contribution in [-0.2, 0) is 4.79 Å². The van der Waals surface area contributed by atoms with Crippen molar-refractivity contribution in [2.24, 2.45) is 5.92 Å². The largest absolute Gasteiger partial charge is 0.490 e. The van der Waals surface area contributed by atoms with E-state index in [2.05, 4.69) is 20.1 Å². The first kappa shape index (κ1) is 21.5. The molecule has 3 fully saturated rings. The first-order valence-corrected chi connectivity index (χ1v) is 10.5. The molecule has 0 aromatic carbocycles. The zero-order valence-corrected chi connectivity index (χ0v) is 17.3. The lowest BCUT2D eigenvalue weighted by molar-refractivity contribution is -0.192. The highest BCUT2D eigenvalue weighted by Gasteiger charge is 2.38. The summed E-state index contributed by atoms with van der Waals surface area (Å²) in [5.74, 6) is -1.13. The maximum Gasteiger partial charge on any atom is 0.490 e. The number of piperidine rings is 3. The third-order valence-corrected chi connectivity index (χ3v) is 6.86. The van der Waals surface area contributed by atoms with Gasteiger partial charge in [0, 0.05) is 16.1 Å². The Morgan fingerprint density at radius 2 is 2.00 bits per heavy atom. The van der Waals surface area contributed by atoms with Gasteiger partial charge in [0.25, 0.3) is 5.56 Å². The van der Waals surface area contributed by atoms with E-state index >= 15 is 0 Å². The number of aliphatic carboxylic acids is 1. The Morgan fingerprint density at radius 1 is 1.32 bits per heavy atom. The number of carbonyl (C=O) groups is 1. The number of hydrogen-bond donors (Lipinski definition) is 3. The predicted octanol–water partition coefficient (Wildman–Crippen LogP) is 3.47. The SMILES string of the molecule is Cc1[nH]ncc1-c1cc2nc([C@@H]3CC4CCN3CC4)[nH]c(=O)c2s1.O=C(O)C(F)(F)F. The standard InChI is InChI=1S/C17H19N5OS.C2HF3O2/c1-9-11(8-18-21-9)14-7-12-15(24-14)17(23)20-16(19-12)13-6-10-2-4-22(13)5-3-10;3-2(4,5)1(6)7/h7-8,10,13H,2-6H2,1H3,(H,18,21)(H,19,20,23);(H,6,7)/t13-;/m0./s1. The number of aromatic nitrogens is 4. The molecule has 0 unspecified atom stereocenters. The Morgan fingerprint density at radius 3 is 2.52 bits per heavy atom. The third-order valence-electron chi connectivity index (χ3n) is 5.70. The van der Waals surface area contributed by atoms with Crippen LogP contribution in [0.15, 0.2) is 17.1 Å². The molecule has 3 aromatic rings. The summed E-state index contributed by atoms with van der Waals surface area (Å²) in [6, 6.07) is 2.29. The van der Waals surface area contributed by atoms with Gasteiger partial charge in [0.2, 0.25) is 0 Å². The van der Waals surface area contributed by atoms with Crippen LogP contribution >= 0.6 is 11.3 Å². The third kappa shape index (κ3) is 4.35. The minimum atomic E-state index is -5.08. The molecule has 2 bridgehead atoms. The number of nitrogens with zero attached hydrogens (tertiary/aromatic N) is 3. The highest BCUT2D eigenvalue weighted by Crippen LogP contribution is 2.40. The summed E-state index contributed by atoms with van der Waals surface area (Å²) in [4.78, 5) is 32.9. The number of alkyl halides is 3. The van der Waals surface area contributed by atoms with Crippen LogP contribution in [0.2, 0.25) is 0 Å². The lowest BCUT2D eigenvalue weighted by Gasteiger charge is -2.44. The van der Waals surface area contributed by atoms with E-state index in [-0.39, 0.29) is 11.6 Å². The van der Waals surface area contributed by atoms with Gasteiger partial charge in [-0.05, 0) is 51.3 Å².